The molecular formula is C14H11Cl3O. The van der Waals surface area contributed by atoms with E-state index in [2.05, 4.69) is 0 Å². The van der Waals surface area contributed by atoms with E-state index in [1.807, 2.05) is 25.1 Å². The van der Waals surface area contributed by atoms with Crippen molar-refractivity contribution in [3.8, 4) is 16.9 Å². The van der Waals surface area contributed by atoms with Gasteiger partial charge in [-0.15, -0.1) is 0 Å². The topological polar surface area (TPSA) is 9.23 Å². The third-order valence-electron chi connectivity index (χ3n) is 2.73. The maximum atomic E-state index is 6.21. The molecule has 0 radical (unpaired) electrons. The number of rotatable bonds is 2. The molecule has 0 aliphatic carbocycles. The van der Waals surface area contributed by atoms with E-state index in [4.69, 9.17) is 39.5 Å². The first-order valence-corrected chi connectivity index (χ1v) is 6.46. The summed E-state index contributed by atoms with van der Waals surface area (Å²) in [5, 5.41) is 1.53. The molecule has 0 amide bonds. The number of methoxy groups -OCH3 is 1. The van der Waals surface area contributed by atoms with Crippen LogP contribution in [0.1, 0.15) is 5.56 Å². The summed E-state index contributed by atoms with van der Waals surface area (Å²) in [6.07, 6.45) is 0. The molecule has 0 unspecified atom stereocenters. The van der Waals surface area contributed by atoms with Crippen molar-refractivity contribution in [1.29, 1.82) is 0 Å². The van der Waals surface area contributed by atoms with Gasteiger partial charge in [0.25, 0.3) is 0 Å². The highest BCUT2D eigenvalue weighted by atomic mass is 35.5. The third-order valence-corrected chi connectivity index (χ3v) is 3.77. The summed E-state index contributed by atoms with van der Waals surface area (Å²) in [5.41, 5.74) is 2.94. The monoisotopic (exact) mass is 300 g/mol. The number of benzene rings is 2. The SMILES string of the molecule is COc1ccc(-c2cc(Cl)c(Cl)cc2Cl)c(C)c1. The molecule has 4 heteroatoms. The lowest BCUT2D eigenvalue weighted by molar-refractivity contribution is 0.414. The Balaban J connectivity index is 2.58. The van der Waals surface area contributed by atoms with Crippen molar-refractivity contribution in [2.45, 2.75) is 6.92 Å². The summed E-state index contributed by atoms with van der Waals surface area (Å²) >= 11 is 18.2. The molecule has 94 valence electrons. The molecule has 2 aromatic rings. The zero-order chi connectivity index (χ0) is 13.3. The number of halogens is 3. The molecule has 0 saturated carbocycles. The van der Waals surface area contributed by atoms with Crippen LogP contribution in [0.15, 0.2) is 30.3 Å². The molecule has 0 heterocycles. The van der Waals surface area contributed by atoms with E-state index in [9.17, 15) is 0 Å². The van der Waals surface area contributed by atoms with Gasteiger partial charge in [-0.1, -0.05) is 40.9 Å². The van der Waals surface area contributed by atoms with Gasteiger partial charge in [0, 0.05) is 10.6 Å². The average Bonchev–Trinajstić information content (AvgIpc) is 2.34. The van der Waals surface area contributed by atoms with Crippen LogP contribution in [0.5, 0.6) is 5.75 Å². The van der Waals surface area contributed by atoms with Crippen molar-refractivity contribution < 1.29 is 4.74 Å². The van der Waals surface area contributed by atoms with Crippen molar-refractivity contribution in [2.75, 3.05) is 7.11 Å². The van der Waals surface area contributed by atoms with Crippen molar-refractivity contribution in [3.05, 3.63) is 51.0 Å². The standard InChI is InChI=1S/C14H11Cl3O/c1-8-5-9(18-2)3-4-10(8)11-6-13(16)14(17)7-12(11)15/h3-7H,1-2H3. The van der Waals surface area contributed by atoms with E-state index in [-0.39, 0.29) is 0 Å². The smallest absolute Gasteiger partial charge is 0.119 e. The molecule has 0 atom stereocenters. The zero-order valence-electron chi connectivity index (χ0n) is 9.93. The van der Waals surface area contributed by atoms with E-state index in [1.54, 1.807) is 19.2 Å². The fourth-order valence-electron chi connectivity index (χ4n) is 1.79. The van der Waals surface area contributed by atoms with Crippen LogP contribution in [0.4, 0.5) is 0 Å². The van der Waals surface area contributed by atoms with Crippen molar-refractivity contribution in [3.63, 3.8) is 0 Å². The minimum absolute atomic E-state index is 0.455. The number of aryl methyl sites for hydroxylation is 1. The summed E-state index contributed by atoms with van der Waals surface area (Å²) < 4.78 is 5.18. The van der Waals surface area contributed by atoms with Crippen molar-refractivity contribution >= 4 is 34.8 Å². The molecule has 0 fully saturated rings. The maximum absolute atomic E-state index is 6.21. The average molecular weight is 302 g/mol. The highest BCUT2D eigenvalue weighted by Crippen LogP contribution is 2.37. The highest BCUT2D eigenvalue weighted by molar-refractivity contribution is 6.44. The van der Waals surface area contributed by atoms with Gasteiger partial charge in [-0.25, -0.2) is 0 Å². The van der Waals surface area contributed by atoms with E-state index in [1.165, 1.54) is 0 Å². The fraction of sp³-hybridized carbons (Fsp3) is 0.143. The molecule has 18 heavy (non-hydrogen) atoms. The molecule has 2 aromatic carbocycles. The Labute approximate surface area is 121 Å². The Kier molecular flexibility index (Phi) is 4.06. The molecule has 0 aromatic heterocycles. The van der Waals surface area contributed by atoms with Crippen LogP contribution in [0.3, 0.4) is 0 Å². The van der Waals surface area contributed by atoms with E-state index in [0.717, 1.165) is 22.4 Å². The minimum Gasteiger partial charge on any atom is -0.497 e. The second-order valence-electron chi connectivity index (χ2n) is 3.93. The van der Waals surface area contributed by atoms with Gasteiger partial charge < -0.3 is 4.74 Å². The lowest BCUT2D eigenvalue weighted by Crippen LogP contribution is -1.88. The van der Waals surface area contributed by atoms with Gasteiger partial charge in [-0.2, -0.15) is 0 Å². The first kappa shape index (κ1) is 13.5. The van der Waals surface area contributed by atoms with Gasteiger partial charge in [0.2, 0.25) is 0 Å². The largest absolute Gasteiger partial charge is 0.497 e. The molecule has 2 rings (SSSR count). The van der Waals surface area contributed by atoms with E-state index < -0.39 is 0 Å². The van der Waals surface area contributed by atoms with Gasteiger partial charge >= 0.3 is 0 Å². The van der Waals surface area contributed by atoms with Crippen molar-refractivity contribution in [1.82, 2.24) is 0 Å². The molecule has 1 nitrogen and oxygen atoms in total. The zero-order valence-corrected chi connectivity index (χ0v) is 12.2. The van der Waals surface area contributed by atoms with Gasteiger partial charge in [0.05, 0.1) is 17.2 Å². The molecule has 0 aliphatic rings. The van der Waals surface area contributed by atoms with Crippen molar-refractivity contribution in [2.24, 2.45) is 0 Å². The summed E-state index contributed by atoms with van der Waals surface area (Å²) in [6.45, 7) is 2.00. The van der Waals surface area contributed by atoms with Crippen LogP contribution in [-0.2, 0) is 0 Å². The van der Waals surface area contributed by atoms with Gasteiger partial charge in [0.1, 0.15) is 5.75 Å². The quantitative estimate of drug-likeness (QED) is 0.653. The second kappa shape index (κ2) is 5.40. The highest BCUT2D eigenvalue weighted by Gasteiger charge is 2.10. The number of ether oxygens (including phenoxy) is 1. The first-order chi connectivity index (χ1) is 8.52. The number of hydrogen-bond donors (Lipinski definition) is 0. The molecule has 0 saturated heterocycles. The Bertz CT molecular complexity index is 594. The lowest BCUT2D eigenvalue weighted by Gasteiger charge is -2.11. The second-order valence-corrected chi connectivity index (χ2v) is 5.15. The lowest BCUT2D eigenvalue weighted by atomic mass is 10.0. The van der Waals surface area contributed by atoms with Gasteiger partial charge in [-0.05, 0) is 42.3 Å². The molecular weight excluding hydrogens is 291 g/mol. The normalized spacial score (nSPS) is 10.5. The Hall–Kier alpha value is -0.890. The Morgan fingerprint density at radius 3 is 2.11 bits per heavy atom. The summed E-state index contributed by atoms with van der Waals surface area (Å²) in [5.74, 6) is 0.812. The maximum Gasteiger partial charge on any atom is 0.119 e. The van der Waals surface area contributed by atoms with Gasteiger partial charge in [-0.3, -0.25) is 0 Å². The molecule has 0 spiro atoms. The number of hydrogen-bond acceptors (Lipinski definition) is 1. The van der Waals surface area contributed by atoms with Crippen LogP contribution in [0.2, 0.25) is 15.1 Å². The third kappa shape index (κ3) is 2.59. The van der Waals surface area contributed by atoms with Crippen LogP contribution < -0.4 is 4.74 Å². The van der Waals surface area contributed by atoms with Crippen LogP contribution in [0, 0.1) is 6.92 Å². The summed E-state index contributed by atoms with van der Waals surface area (Å²) in [4.78, 5) is 0. The Morgan fingerprint density at radius 1 is 0.833 bits per heavy atom. The summed E-state index contributed by atoms with van der Waals surface area (Å²) in [6, 6.07) is 9.24. The predicted octanol–water partition coefficient (Wildman–Crippen LogP) is 5.63. The molecule has 0 N–H and O–H groups in total. The molecule has 0 bridgehead atoms. The van der Waals surface area contributed by atoms with E-state index in [0.29, 0.717) is 15.1 Å². The first-order valence-electron chi connectivity index (χ1n) is 5.32. The van der Waals surface area contributed by atoms with E-state index >= 15 is 0 Å². The predicted molar refractivity (Wildman–Crippen MR) is 78.2 cm³/mol. The van der Waals surface area contributed by atoms with Crippen LogP contribution in [0.25, 0.3) is 11.1 Å². The van der Waals surface area contributed by atoms with Crippen LogP contribution in [-0.4, -0.2) is 7.11 Å². The summed E-state index contributed by atoms with van der Waals surface area (Å²) in [7, 11) is 1.64. The van der Waals surface area contributed by atoms with Crippen LogP contribution >= 0.6 is 34.8 Å². The Morgan fingerprint density at radius 2 is 1.50 bits per heavy atom. The fourth-order valence-corrected chi connectivity index (χ4v) is 2.44. The van der Waals surface area contributed by atoms with Gasteiger partial charge in [0.15, 0.2) is 0 Å². The molecule has 0 aliphatic heterocycles. The minimum atomic E-state index is 0.455.